The molecule has 0 bridgehead atoms. The van der Waals surface area contributed by atoms with Gasteiger partial charge in [0.1, 0.15) is 29.9 Å². The van der Waals surface area contributed by atoms with E-state index in [4.69, 9.17) is 9.47 Å². The molecule has 0 spiro atoms. The van der Waals surface area contributed by atoms with Crippen molar-refractivity contribution < 1.29 is 9.47 Å². The fraction of sp³-hybridized carbons (Fsp3) is 0.0952. The Balaban J connectivity index is 1.67. The number of hydrogen-bond donors (Lipinski definition) is 0. The van der Waals surface area contributed by atoms with Crippen molar-refractivity contribution in [1.82, 2.24) is 0 Å². The van der Waals surface area contributed by atoms with E-state index in [0.29, 0.717) is 23.7 Å². The van der Waals surface area contributed by atoms with Gasteiger partial charge in [-0.05, 0) is 48.4 Å². The van der Waals surface area contributed by atoms with Crippen LogP contribution >= 0.6 is 0 Å². The Morgan fingerprint density at radius 1 is 0.833 bits per heavy atom. The van der Waals surface area contributed by atoms with Crippen molar-refractivity contribution in [2.75, 3.05) is 0 Å². The maximum Gasteiger partial charge on any atom is 0.145 e. The van der Waals surface area contributed by atoms with Crippen LogP contribution in [0.2, 0.25) is 0 Å². The van der Waals surface area contributed by atoms with Gasteiger partial charge in [-0.2, -0.15) is 5.26 Å². The number of nitrogens with zero attached hydrogens (tertiary/aromatic N) is 1. The third-order valence-electron chi connectivity index (χ3n) is 3.65. The van der Waals surface area contributed by atoms with Gasteiger partial charge in [-0.25, -0.2) is 0 Å². The second kappa shape index (κ2) is 7.34. The molecule has 118 valence electrons. The van der Waals surface area contributed by atoms with Gasteiger partial charge in [0.25, 0.3) is 0 Å². The molecule has 0 aliphatic carbocycles. The third kappa shape index (κ3) is 3.74. The normalized spacial score (nSPS) is 10.0. The molecule has 0 aliphatic rings. The molecule has 0 unspecified atom stereocenters. The molecule has 3 aromatic rings. The van der Waals surface area contributed by atoms with Crippen LogP contribution in [-0.2, 0) is 6.61 Å². The summed E-state index contributed by atoms with van der Waals surface area (Å²) in [4.78, 5) is 0. The first kappa shape index (κ1) is 15.6. The second-order valence-electron chi connectivity index (χ2n) is 5.41. The van der Waals surface area contributed by atoms with Gasteiger partial charge in [0.05, 0.1) is 5.56 Å². The van der Waals surface area contributed by atoms with Crippen molar-refractivity contribution in [1.29, 1.82) is 5.26 Å². The molecule has 3 rings (SSSR count). The standard InChI is InChI=1S/C21H17NO2/c1-16-6-5-9-21(20(16)14-22)24-19-12-10-18(11-13-19)23-15-17-7-3-2-4-8-17/h2-13H,15H2,1H3. The van der Waals surface area contributed by atoms with E-state index in [1.165, 1.54) is 0 Å². The molecule has 0 radical (unpaired) electrons. The van der Waals surface area contributed by atoms with Gasteiger partial charge < -0.3 is 9.47 Å². The first-order valence-electron chi connectivity index (χ1n) is 7.70. The highest BCUT2D eigenvalue weighted by molar-refractivity contribution is 5.50. The Kier molecular flexibility index (Phi) is 4.78. The fourth-order valence-corrected chi connectivity index (χ4v) is 2.34. The summed E-state index contributed by atoms with van der Waals surface area (Å²) in [6.07, 6.45) is 0. The van der Waals surface area contributed by atoms with Crippen LogP contribution in [0.5, 0.6) is 17.2 Å². The molecule has 0 heterocycles. The highest BCUT2D eigenvalue weighted by Gasteiger charge is 2.07. The lowest BCUT2D eigenvalue weighted by Gasteiger charge is -2.10. The summed E-state index contributed by atoms with van der Waals surface area (Å²) in [5, 5.41) is 9.25. The number of ether oxygens (including phenoxy) is 2. The number of aryl methyl sites for hydroxylation is 1. The van der Waals surface area contributed by atoms with Crippen molar-refractivity contribution in [3.63, 3.8) is 0 Å². The molecule has 0 saturated carbocycles. The maximum absolute atomic E-state index is 9.25. The van der Waals surface area contributed by atoms with Crippen molar-refractivity contribution in [2.24, 2.45) is 0 Å². The topological polar surface area (TPSA) is 42.2 Å². The van der Waals surface area contributed by atoms with Crippen LogP contribution in [0, 0.1) is 18.3 Å². The number of nitriles is 1. The summed E-state index contributed by atoms with van der Waals surface area (Å²) in [5.41, 5.74) is 2.58. The Hall–Kier alpha value is -3.25. The molecule has 0 fully saturated rings. The van der Waals surface area contributed by atoms with E-state index >= 15 is 0 Å². The van der Waals surface area contributed by atoms with Crippen molar-refractivity contribution in [2.45, 2.75) is 13.5 Å². The number of rotatable bonds is 5. The van der Waals surface area contributed by atoms with Crippen molar-refractivity contribution in [3.05, 3.63) is 89.5 Å². The fourth-order valence-electron chi connectivity index (χ4n) is 2.34. The van der Waals surface area contributed by atoms with E-state index < -0.39 is 0 Å². The van der Waals surface area contributed by atoms with Crippen LogP contribution in [0.25, 0.3) is 0 Å². The molecule has 24 heavy (non-hydrogen) atoms. The van der Waals surface area contributed by atoms with Gasteiger partial charge in [0.2, 0.25) is 0 Å². The summed E-state index contributed by atoms with van der Waals surface area (Å²) in [7, 11) is 0. The first-order chi connectivity index (χ1) is 11.8. The summed E-state index contributed by atoms with van der Waals surface area (Å²) in [6, 6.07) is 25.2. The lowest BCUT2D eigenvalue weighted by molar-refractivity contribution is 0.306. The molecule has 3 aromatic carbocycles. The van der Waals surface area contributed by atoms with E-state index in [1.54, 1.807) is 6.07 Å². The predicted molar refractivity (Wildman–Crippen MR) is 93.2 cm³/mol. The smallest absolute Gasteiger partial charge is 0.145 e. The maximum atomic E-state index is 9.25. The summed E-state index contributed by atoms with van der Waals surface area (Å²) in [6.45, 7) is 2.42. The number of benzene rings is 3. The minimum Gasteiger partial charge on any atom is -0.489 e. The zero-order valence-corrected chi connectivity index (χ0v) is 13.4. The molecule has 0 N–H and O–H groups in total. The van der Waals surface area contributed by atoms with Gasteiger partial charge in [-0.3, -0.25) is 0 Å². The van der Waals surface area contributed by atoms with E-state index in [1.807, 2.05) is 73.7 Å². The molecule has 3 heteroatoms. The van der Waals surface area contributed by atoms with Crippen LogP contribution in [-0.4, -0.2) is 0 Å². The predicted octanol–water partition coefficient (Wildman–Crippen LogP) is 5.24. The molecule has 0 aromatic heterocycles. The molecule has 3 nitrogen and oxygen atoms in total. The van der Waals surface area contributed by atoms with E-state index in [0.717, 1.165) is 16.9 Å². The Morgan fingerprint density at radius 2 is 1.54 bits per heavy atom. The molecule has 0 aliphatic heterocycles. The van der Waals surface area contributed by atoms with E-state index in [-0.39, 0.29) is 0 Å². The van der Waals surface area contributed by atoms with Crippen molar-refractivity contribution in [3.8, 4) is 23.3 Å². The highest BCUT2D eigenvalue weighted by Crippen LogP contribution is 2.28. The molecule has 0 amide bonds. The van der Waals surface area contributed by atoms with Crippen LogP contribution in [0.4, 0.5) is 0 Å². The quantitative estimate of drug-likeness (QED) is 0.646. The lowest BCUT2D eigenvalue weighted by atomic mass is 10.1. The van der Waals surface area contributed by atoms with Gasteiger partial charge in [0, 0.05) is 0 Å². The minimum atomic E-state index is 0.525. The molecule has 0 saturated heterocycles. The van der Waals surface area contributed by atoms with Gasteiger partial charge in [-0.15, -0.1) is 0 Å². The monoisotopic (exact) mass is 315 g/mol. The summed E-state index contributed by atoms with van der Waals surface area (Å²) < 4.78 is 11.6. The Bertz CT molecular complexity index is 849. The largest absolute Gasteiger partial charge is 0.489 e. The summed E-state index contributed by atoms with van der Waals surface area (Å²) in [5.74, 6) is 2.01. The van der Waals surface area contributed by atoms with Gasteiger partial charge >= 0.3 is 0 Å². The van der Waals surface area contributed by atoms with Crippen molar-refractivity contribution >= 4 is 0 Å². The van der Waals surface area contributed by atoms with Crippen LogP contribution in [0.1, 0.15) is 16.7 Å². The third-order valence-corrected chi connectivity index (χ3v) is 3.65. The average molecular weight is 315 g/mol. The van der Waals surface area contributed by atoms with E-state index in [9.17, 15) is 5.26 Å². The highest BCUT2D eigenvalue weighted by atomic mass is 16.5. The summed E-state index contributed by atoms with van der Waals surface area (Å²) >= 11 is 0. The SMILES string of the molecule is Cc1cccc(Oc2ccc(OCc3ccccc3)cc2)c1C#N. The zero-order valence-electron chi connectivity index (χ0n) is 13.4. The Labute approximate surface area is 141 Å². The van der Waals surface area contributed by atoms with E-state index in [2.05, 4.69) is 6.07 Å². The second-order valence-corrected chi connectivity index (χ2v) is 5.41. The molecule has 0 atom stereocenters. The lowest BCUT2D eigenvalue weighted by Crippen LogP contribution is -1.95. The average Bonchev–Trinajstić information content (AvgIpc) is 2.62. The van der Waals surface area contributed by atoms with Gasteiger partial charge in [0.15, 0.2) is 0 Å². The zero-order chi connectivity index (χ0) is 16.8. The molecular weight excluding hydrogens is 298 g/mol. The van der Waals surface area contributed by atoms with Crippen LogP contribution in [0.3, 0.4) is 0 Å². The minimum absolute atomic E-state index is 0.525. The number of hydrogen-bond acceptors (Lipinski definition) is 3. The van der Waals surface area contributed by atoms with Gasteiger partial charge in [-0.1, -0.05) is 42.5 Å². The first-order valence-corrected chi connectivity index (χ1v) is 7.70. The van der Waals surface area contributed by atoms with Crippen LogP contribution in [0.15, 0.2) is 72.8 Å². The Morgan fingerprint density at radius 3 is 2.25 bits per heavy atom. The molecular formula is C21H17NO2. The van der Waals surface area contributed by atoms with Crippen LogP contribution < -0.4 is 9.47 Å².